The third kappa shape index (κ3) is 3.13. The molecule has 0 radical (unpaired) electrons. The van der Waals surface area contributed by atoms with Gasteiger partial charge in [-0.2, -0.15) is 0 Å². The summed E-state index contributed by atoms with van der Waals surface area (Å²) in [6, 6.07) is 12.5. The lowest BCUT2D eigenvalue weighted by Crippen LogP contribution is -2.49. The molecule has 0 atom stereocenters. The standard InChI is InChI=1S/C24H24N2S/c1-15-18-10-6-7-11-19(18)16(2)23-22(15)20(14-21(27)24(23)25)26-13-12-17-8-4-3-5-9-17/h3-5,8-11,14,26-27H,1-2,6-7,12-13,25H2. The summed E-state index contributed by atoms with van der Waals surface area (Å²) in [5.41, 5.74) is 9.43. The molecule has 1 aliphatic carbocycles. The molecule has 0 aliphatic heterocycles. The number of fused-ring (bicyclic) bond motifs is 2. The van der Waals surface area contributed by atoms with E-state index in [0.717, 1.165) is 57.6 Å². The zero-order chi connectivity index (χ0) is 19.0. The van der Waals surface area contributed by atoms with E-state index in [1.54, 1.807) is 0 Å². The molecule has 27 heavy (non-hydrogen) atoms. The Bertz CT molecular complexity index is 1240. The van der Waals surface area contributed by atoms with E-state index < -0.39 is 0 Å². The van der Waals surface area contributed by atoms with E-state index in [2.05, 4.69) is 67.5 Å². The Morgan fingerprint density at radius 3 is 2.26 bits per heavy atom. The number of hydrogen-bond donors (Lipinski definition) is 3. The molecule has 0 saturated heterocycles. The molecule has 0 spiro atoms. The Morgan fingerprint density at radius 1 is 0.963 bits per heavy atom. The van der Waals surface area contributed by atoms with Crippen LogP contribution in [0.15, 0.2) is 41.3 Å². The molecule has 3 heteroatoms. The van der Waals surface area contributed by atoms with Gasteiger partial charge in [-0.05, 0) is 51.8 Å². The fourth-order valence-corrected chi connectivity index (χ4v) is 4.19. The van der Waals surface area contributed by atoms with Crippen LogP contribution in [0.3, 0.4) is 0 Å². The van der Waals surface area contributed by atoms with Crippen molar-refractivity contribution in [2.45, 2.75) is 24.2 Å². The Hall–Kier alpha value is -2.65. The molecule has 0 amide bonds. The van der Waals surface area contributed by atoms with Gasteiger partial charge in [0.1, 0.15) is 0 Å². The fourth-order valence-electron chi connectivity index (χ4n) is 3.95. The molecule has 3 aromatic rings. The van der Waals surface area contributed by atoms with Gasteiger partial charge in [0, 0.05) is 27.9 Å². The van der Waals surface area contributed by atoms with Crippen molar-refractivity contribution >= 4 is 60.1 Å². The van der Waals surface area contributed by atoms with Gasteiger partial charge in [-0.1, -0.05) is 55.6 Å². The number of nitrogens with two attached hydrogens (primary N) is 1. The van der Waals surface area contributed by atoms with Crippen LogP contribution in [0.2, 0.25) is 0 Å². The van der Waals surface area contributed by atoms with Gasteiger partial charge in [-0.15, -0.1) is 12.6 Å². The summed E-state index contributed by atoms with van der Waals surface area (Å²) in [4.78, 5) is 0.772. The number of hydrogen-bond acceptors (Lipinski definition) is 3. The van der Waals surface area contributed by atoms with Crippen LogP contribution in [-0.2, 0) is 6.42 Å². The molecule has 136 valence electrons. The van der Waals surface area contributed by atoms with Crippen LogP contribution in [-0.4, -0.2) is 6.54 Å². The van der Waals surface area contributed by atoms with Gasteiger partial charge in [0.2, 0.25) is 0 Å². The molecule has 0 saturated carbocycles. The van der Waals surface area contributed by atoms with Crippen molar-refractivity contribution in [3.63, 3.8) is 0 Å². The molecule has 3 aromatic carbocycles. The Balaban J connectivity index is 1.87. The van der Waals surface area contributed by atoms with Crippen LogP contribution < -0.4 is 31.9 Å². The second-order valence-electron chi connectivity index (χ2n) is 7.04. The lowest BCUT2D eigenvalue weighted by molar-refractivity contribution is 1.02. The summed E-state index contributed by atoms with van der Waals surface area (Å²) in [5.74, 6) is 0. The second-order valence-corrected chi connectivity index (χ2v) is 7.52. The predicted molar refractivity (Wildman–Crippen MR) is 122 cm³/mol. The minimum atomic E-state index is 0.679. The van der Waals surface area contributed by atoms with Crippen molar-refractivity contribution in [2.75, 3.05) is 17.6 Å². The minimum Gasteiger partial charge on any atom is -0.397 e. The van der Waals surface area contributed by atoms with Crippen LogP contribution in [0.5, 0.6) is 0 Å². The topological polar surface area (TPSA) is 38.0 Å². The highest BCUT2D eigenvalue weighted by atomic mass is 32.1. The van der Waals surface area contributed by atoms with Gasteiger partial charge in [-0.25, -0.2) is 0 Å². The summed E-state index contributed by atoms with van der Waals surface area (Å²) < 4.78 is 0. The fraction of sp³-hybridized carbons (Fsp3) is 0.167. The smallest absolute Gasteiger partial charge is 0.0537 e. The first-order chi connectivity index (χ1) is 13.1. The summed E-state index contributed by atoms with van der Waals surface area (Å²) in [7, 11) is 0. The lowest BCUT2D eigenvalue weighted by atomic mass is 9.96. The highest BCUT2D eigenvalue weighted by Gasteiger charge is 2.12. The third-order valence-electron chi connectivity index (χ3n) is 5.33. The maximum absolute atomic E-state index is 6.41. The highest BCUT2D eigenvalue weighted by molar-refractivity contribution is 7.80. The van der Waals surface area contributed by atoms with Gasteiger partial charge in [0.25, 0.3) is 0 Å². The third-order valence-corrected chi connectivity index (χ3v) is 5.70. The molecule has 0 heterocycles. The number of thiol groups is 1. The normalized spacial score (nSPS) is 12.9. The van der Waals surface area contributed by atoms with Crippen molar-refractivity contribution in [2.24, 2.45) is 0 Å². The maximum Gasteiger partial charge on any atom is 0.0537 e. The van der Waals surface area contributed by atoms with Crippen LogP contribution in [0.4, 0.5) is 11.4 Å². The number of nitrogens with one attached hydrogen (secondary N) is 1. The second kappa shape index (κ2) is 7.16. The Kier molecular flexibility index (Phi) is 4.71. The van der Waals surface area contributed by atoms with Gasteiger partial charge in [0.05, 0.1) is 5.69 Å². The van der Waals surface area contributed by atoms with Crippen molar-refractivity contribution in [1.82, 2.24) is 0 Å². The van der Waals surface area contributed by atoms with E-state index in [9.17, 15) is 0 Å². The molecule has 4 rings (SSSR count). The van der Waals surface area contributed by atoms with E-state index in [1.165, 1.54) is 16.0 Å². The van der Waals surface area contributed by atoms with Crippen LogP contribution >= 0.6 is 12.6 Å². The zero-order valence-electron chi connectivity index (χ0n) is 15.4. The number of anilines is 2. The van der Waals surface area contributed by atoms with Crippen molar-refractivity contribution in [3.05, 3.63) is 62.8 Å². The average molecular weight is 373 g/mol. The lowest BCUT2D eigenvalue weighted by Gasteiger charge is -2.16. The molecule has 2 nitrogen and oxygen atoms in total. The van der Waals surface area contributed by atoms with E-state index in [4.69, 9.17) is 5.73 Å². The molecule has 0 fully saturated rings. The first-order valence-corrected chi connectivity index (χ1v) is 9.76. The molecule has 0 unspecified atom stereocenters. The number of rotatable bonds is 4. The Morgan fingerprint density at radius 2 is 1.59 bits per heavy atom. The van der Waals surface area contributed by atoms with E-state index >= 15 is 0 Å². The summed E-state index contributed by atoms with van der Waals surface area (Å²) in [5, 5.41) is 9.97. The maximum atomic E-state index is 6.41. The predicted octanol–water partition coefficient (Wildman–Crippen LogP) is 2.54. The highest BCUT2D eigenvalue weighted by Crippen LogP contribution is 2.29. The van der Waals surface area contributed by atoms with Gasteiger partial charge < -0.3 is 11.1 Å². The molecule has 1 aliphatic rings. The quantitative estimate of drug-likeness (QED) is 0.486. The Labute approximate surface area is 164 Å². The van der Waals surface area contributed by atoms with Crippen molar-refractivity contribution in [1.29, 1.82) is 0 Å². The number of benzene rings is 3. The zero-order valence-corrected chi connectivity index (χ0v) is 16.3. The van der Waals surface area contributed by atoms with E-state index in [1.807, 2.05) is 12.1 Å². The number of nitrogen functional groups attached to an aromatic ring is 1. The van der Waals surface area contributed by atoms with Crippen LogP contribution in [0.1, 0.15) is 18.4 Å². The van der Waals surface area contributed by atoms with Crippen molar-refractivity contribution in [3.8, 4) is 0 Å². The molecule has 0 bridgehead atoms. The largest absolute Gasteiger partial charge is 0.397 e. The minimum absolute atomic E-state index is 0.679. The van der Waals surface area contributed by atoms with Crippen LogP contribution in [0, 0.1) is 0 Å². The summed E-state index contributed by atoms with van der Waals surface area (Å²) in [6.45, 7) is 9.58. The molecular weight excluding hydrogens is 348 g/mol. The van der Waals surface area contributed by atoms with Gasteiger partial charge in [-0.3, -0.25) is 0 Å². The first-order valence-electron chi connectivity index (χ1n) is 9.31. The first kappa shape index (κ1) is 17.7. The monoisotopic (exact) mass is 372 g/mol. The van der Waals surface area contributed by atoms with Crippen LogP contribution in [0.25, 0.3) is 36.1 Å². The molecular formula is C24H24N2S. The van der Waals surface area contributed by atoms with E-state index in [0.29, 0.717) is 5.69 Å². The van der Waals surface area contributed by atoms with Crippen molar-refractivity contribution < 1.29 is 0 Å². The SMILES string of the molecule is C=c1c2c(c(=C)c3c(N)c(S)cc(NCCc4ccccc4)c13)=CCCC=2. The average Bonchev–Trinajstić information content (AvgIpc) is 2.69. The molecule has 0 aromatic heterocycles. The van der Waals surface area contributed by atoms with Gasteiger partial charge >= 0.3 is 0 Å². The summed E-state index contributed by atoms with van der Waals surface area (Å²) in [6.07, 6.45) is 7.53. The summed E-state index contributed by atoms with van der Waals surface area (Å²) >= 11 is 4.61. The molecule has 3 N–H and O–H groups in total. The van der Waals surface area contributed by atoms with E-state index in [-0.39, 0.29) is 0 Å². The van der Waals surface area contributed by atoms with Gasteiger partial charge in [0.15, 0.2) is 0 Å².